The van der Waals surface area contributed by atoms with Crippen LogP contribution in [0.3, 0.4) is 0 Å². The molecule has 17 heavy (non-hydrogen) atoms. The maximum Gasteiger partial charge on any atom is 0.322 e. The highest BCUT2D eigenvalue weighted by Gasteiger charge is 2.17. The lowest BCUT2D eigenvalue weighted by Gasteiger charge is -2.04. The molecule has 1 amide bonds. The minimum absolute atomic E-state index is 0.0670. The minimum atomic E-state index is -0.654. The van der Waals surface area contributed by atoms with Crippen molar-refractivity contribution in [1.82, 2.24) is 10.2 Å². The Kier molecular flexibility index (Phi) is 3.19. The Morgan fingerprint density at radius 2 is 2.24 bits per heavy atom. The topological polar surface area (TPSA) is 68.0 Å². The Morgan fingerprint density at radius 1 is 1.47 bits per heavy atom. The van der Waals surface area contributed by atoms with E-state index in [4.69, 9.17) is 4.42 Å². The Labute approximate surface area is 104 Å². The van der Waals surface area contributed by atoms with Gasteiger partial charge < -0.3 is 4.42 Å². The summed E-state index contributed by atoms with van der Waals surface area (Å²) in [6.07, 6.45) is 0. The Balaban J connectivity index is 2.26. The smallest absolute Gasteiger partial charge is 0.322 e. The van der Waals surface area contributed by atoms with Crippen LogP contribution in [-0.2, 0) is 0 Å². The summed E-state index contributed by atoms with van der Waals surface area (Å²) in [4.78, 5) is 11.8. The molecule has 0 unspecified atom stereocenters. The first-order valence-electron chi connectivity index (χ1n) is 4.63. The molecule has 0 aliphatic heterocycles. The van der Waals surface area contributed by atoms with Gasteiger partial charge in [-0.05, 0) is 28.1 Å². The first kappa shape index (κ1) is 11.7. The number of aromatic nitrogens is 2. The van der Waals surface area contributed by atoms with Gasteiger partial charge in [0, 0.05) is 11.4 Å². The number of carbonyl (C=O) groups is 1. The molecule has 0 saturated heterocycles. The number of anilines is 1. The molecule has 0 aliphatic rings. The van der Waals surface area contributed by atoms with Gasteiger partial charge in [-0.1, -0.05) is 11.2 Å². The fraction of sp³-hybridized carbons (Fsp3) is 0.100. The predicted octanol–water partition coefficient (Wildman–Crippen LogP) is 2.53. The molecule has 88 valence electrons. The van der Waals surface area contributed by atoms with Crippen LogP contribution >= 0.6 is 15.9 Å². The molecule has 2 rings (SSSR count). The van der Waals surface area contributed by atoms with E-state index in [9.17, 15) is 9.18 Å². The third-order valence-corrected chi connectivity index (χ3v) is 2.60. The van der Waals surface area contributed by atoms with E-state index in [2.05, 4.69) is 31.4 Å². The summed E-state index contributed by atoms with van der Waals surface area (Å²) < 4.78 is 18.8. The van der Waals surface area contributed by atoms with E-state index in [1.165, 1.54) is 12.1 Å². The molecular formula is C10H7BrFN3O2. The second-order valence-corrected chi connectivity index (χ2v) is 4.03. The van der Waals surface area contributed by atoms with E-state index >= 15 is 0 Å². The van der Waals surface area contributed by atoms with Crippen molar-refractivity contribution < 1.29 is 13.6 Å². The normalized spacial score (nSPS) is 10.3. The summed E-state index contributed by atoms with van der Waals surface area (Å²) in [6.45, 7) is 1.58. The second-order valence-electron chi connectivity index (χ2n) is 3.18. The molecule has 0 spiro atoms. The molecule has 1 N–H and O–H groups in total. The van der Waals surface area contributed by atoms with Gasteiger partial charge in [0.15, 0.2) is 0 Å². The molecule has 0 atom stereocenters. The third-order valence-electron chi connectivity index (χ3n) is 1.94. The second kappa shape index (κ2) is 4.62. The third kappa shape index (κ3) is 2.50. The molecule has 2 aromatic rings. The van der Waals surface area contributed by atoms with Crippen LogP contribution in [0.5, 0.6) is 0 Å². The average molecular weight is 300 g/mol. The molecule has 1 aromatic heterocycles. The fourth-order valence-corrected chi connectivity index (χ4v) is 1.74. The van der Waals surface area contributed by atoms with Gasteiger partial charge in [0.25, 0.3) is 5.91 Å². The number of hydrogen-bond acceptors (Lipinski definition) is 4. The number of amides is 1. The number of aryl methyl sites for hydroxylation is 1. The maximum absolute atomic E-state index is 13.5. The molecule has 5 nitrogen and oxygen atoms in total. The van der Waals surface area contributed by atoms with E-state index in [1.807, 2.05) is 0 Å². The van der Waals surface area contributed by atoms with E-state index in [0.29, 0.717) is 10.4 Å². The van der Waals surface area contributed by atoms with Crippen molar-refractivity contribution in [1.29, 1.82) is 0 Å². The van der Waals surface area contributed by atoms with Crippen LogP contribution in [-0.4, -0.2) is 16.1 Å². The van der Waals surface area contributed by atoms with Gasteiger partial charge in [0.05, 0.1) is 5.56 Å². The Bertz CT molecular complexity index is 550. The van der Waals surface area contributed by atoms with Crippen LogP contribution in [0.4, 0.5) is 10.4 Å². The SMILES string of the molecule is Cc1nnc(NC(=O)c2c(F)cccc2Br)o1. The highest BCUT2D eigenvalue weighted by atomic mass is 79.9. The highest BCUT2D eigenvalue weighted by Crippen LogP contribution is 2.20. The van der Waals surface area contributed by atoms with Gasteiger partial charge in [-0.3, -0.25) is 10.1 Å². The van der Waals surface area contributed by atoms with Gasteiger partial charge in [-0.15, -0.1) is 5.10 Å². The molecule has 1 aromatic carbocycles. The number of benzene rings is 1. The lowest BCUT2D eigenvalue weighted by Crippen LogP contribution is -2.14. The summed E-state index contributed by atoms with van der Waals surface area (Å²) in [7, 11) is 0. The van der Waals surface area contributed by atoms with Crippen molar-refractivity contribution in [2.24, 2.45) is 0 Å². The lowest BCUT2D eigenvalue weighted by atomic mass is 10.2. The zero-order valence-corrected chi connectivity index (χ0v) is 10.3. The monoisotopic (exact) mass is 299 g/mol. The first-order chi connectivity index (χ1) is 8.08. The number of halogens is 2. The number of nitrogens with zero attached hydrogens (tertiary/aromatic N) is 2. The molecule has 0 bridgehead atoms. The average Bonchev–Trinajstić information content (AvgIpc) is 2.63. The van der Waals surface area contributed by atoms with Crippen molar-refractivity contribution in [3.8, 4) is 0 Å². The number of carbonyl (C=O) groups excluding carboxylic acids is 1. The highest BCUT2D eigenvalue weighted by molar-refractivity contribution is 9.10. The minimum Gasteiger partial charge on any atom is -0.408 e. The summed E-state index contributed by atoms with van der Waals surface area (Å²) in [5.74, 6) is -0.973. The van der Waals surface area contributed by atoms with Gasteiger partial charge >= 0.3 is 6.01 Å². The molecule has 0 saturated carbocycles. The summed E-state index contributed by atoms with van der Waals surface area (Å²) in [5.41, 5.74) is -0.108. The molecule has 7 heteroatoms. The zero-order valence-electron chi connectivity index (χ0n) is 8.70. The molecule has 1 heterocycles. The van der Waals surface area contributed by atoms with Crippen molar-refractivity contribution in [3.63, 3.8) is 0 Å². The predicted molar refractivity (Wildman–Crippen MR) is 61.1 cm³/mol. The largest absolute Gasteiger partial charge is 0.408 e. The molecular weight excluding hydrogens is 293 g/mol. The number of hydrogen-bond donors (Lipinski definition) is 1. The summed E-state index contributed by atoms with van der Waals surface area (Å²) in [6, 6.07) is 4.19. The van der Waals surface area contributed by atoms with Crippen LogP contribution in [0, 0.1) is 12.7 Å². The van der Waals surface area contributed by atoms with Gasteiger partial charge in [-0.25, -0.2) is 4.39 Å². The van der Waals surface area contributed by atoms with E-state index in [-0.39, 0.29) is 11.6 Å². The van der Waals surface area contributed by atoms with Crippen molar-refractivity contribution >= 4 is 27.9 Å². The first-order valence-corrected chi connectivity index (χ1v) is 5.42. The van der Waals surface area contributed by atoms with Gasteiger partial charge in [0.2, 0.25) is 5.89 Å². The zero-order chi connectivity index (χ0) is 12.4. The van der Waals surface area contributed by atoms with Crippen LogP contribution < -0.4 is 5.32 Å². The maximum atomic E-state index is 13.5. The van der Waals surface area contributed by atoms with Crippen LogP contribution in [0.25, 0.3) is 0 Å². The van der Waals surface area contributed by atoms with Crippen LogP contribution in [0.2, 0.25) is 0 Å². The van der Waals surface area contributed by atoms with Crippen LogP contribution in [0.15, 0.2) is 27.1 Å². The molecule has 0 aliphatic carbocycles. The van der Waals surface area contributed by atoms with Gasteiger partial charge in [-0.2, -0.15) is 0 Å². The number of rotatable bonds is 2. The van der Waals surface area contributed by atoms with Gasteiger partial charge in [0.1, 0.15) is 5.82 Å². The number of nitrogens with one attached hydrogen (secondary N) is 1. The van der Waals surface area contributed by atoms with Crippen molar-refractivity contribution in [2.75, 3.05) is 5.32 Å². The molecule has 0 radical (unpaired) electrons. The van der Waals surface area contributed by atoms with E-state index in [0.717, 1.165) is 0 Å². The van der Waals surface area contributed by atoms with E-state index in [1.54, 1.807) is 13.0 Å². The standard InChI is InChI=1S/C10H7BrFN3O2/c1-5-14-15-10(17-5)13-9(16)8-6(11)3-2-4-7(8)12/h2-4H,1H3,(H,13,15,16). The Morgan fingerprint density at radius 3 is 2.82 bits per heavy atom. The molecule has 0 fully saturated rings. The summed E-state index contributed by atoms with van der Waals surface area (Å²) in [5, 5.41) is 9.44. The summed E-state index contributed by atoms with van der Waals surface area (Å²) >= 11 is 3.10. The van der Waals surface area contributed by atoms with E-state index < -0.39 is 11.7 Å². The van der Waals surface area contributed by atoms with Crippen molar-refractivity contribution in [3.05, 3.63) is 39.9 Å². The lowest BCUT2D eigenvalue weighted by molar-refractivity contribution is 0.101. The fourth-order valence-electron chi connectivity index (χ4n) is 1.22. The van der Waals surface area contributed by atoms with Crippen LogP contribution in [0.1, 0.15) is 16.2 Å². The Hall–Kier alpha value is -1.76. The van der Waals surface area contributed by atoms with Crippen molar-refractivity contribution in [2.45, 2.75) is 6.92 Å². The quantitative estimate of drug-likeness (QED) is 0.925.